The molecule has 1 aliphatic heterocycles. The Morgan fingerprint density at radius 1 is 1.39 bits per heavy atom. The average molecular weight is 353 g/mol. The molecule has 2 aromatic rings. The number of hydrogen-bond acceptors (Lipinski definition) is 5. The molecular formula is C15H13ClN2O4S. The molecule has 23 heavy (non-hydrogen) atoms. The minimum Gasteiger partial charge on any atom is -0.479 e. The summed E-state index contributed by atoms with van der Waals surface area (Å²) in [5, 5.41) is 10.2. The molecule has 1 atom stereocenters. The van der Waals surface area contributed by atoms with Crippen LogP contribution in [0.3, 0.4) is 0 Å². The van der Waals surface area contributed by atoms with Crippen LogP contribution >= 0.6 is 22.9 Å². The number of carboxylic acids is 1. The van der Waals surface area contributed by atoms with Crippen LogP contribution in [-0.2, 0) is 9.53 Å². The third kappa shape index (κ3) is 3.36. The van der Waals surface area contributed by atoms with Crippen LogP contribution < -0.4 is 0 Å². The third-order valence-corrected chi connectivity index (χ3v) is 4.80. The molecule has 1 N–H and O–H groups in total. The first-order valence-corrected chi connectivity index (χ1v) is 8.10. The first-order chi connectivity index (χ1) is 11.1. The van der Waals surface area contributed by atoms with Gasteiger partial charge in [-0.15, -0.1) is 11.3 Å². The van der Waals surface area contributed by atoms with E-state index in [2.05, 4.69) is 4.98 Å². The number of amides is 1. The summed E-state index contributed by atoms with van der Waals surface area (Å²) in [6.07, 6.45) is 0.514. The normalized spacial score (nSPS) is 18.0. The lowest BCUT2D eigenvalue weighted by atomic mass is 10.2. The van der Waals surface area contributed by atoms with Crippen molar-refractivity contribution in [2.75, 3.05) is 19.7 Å². The standard InChI is InChI=1S/C15H13ClN2O4S/c16-10-4-2-1-3-9(10)13-17-7-12(23-13)14(19)18-5-6-22-11(8-18)15(20)21/h1-4,7,11H,5-6,8H2,(H,20,21). The Morgan fingerprint density at radius 2 is 2.17 bits per heavy atom. The van der Waals surface area contributed by atoms with E-state index in [9.17, 15) is 9.59 Å². The second kappa shape index (κ2) is 6.66. The SMILES string of the molecule is O=C(O)C1CN(C(=O)c2cnc(-c3ccccc3Cl)s2)CCO1. The van der Waals surface area contributed by atoms with Crippen molar-refractivity contribution in [1.82, 2.24) is 9.88 Å². The summed E-state index contributed by atoms with van der Waals surface area (Å²) in [6.45, 7) is 0.605. The summed E-state index contributed by atoms with van der Waals surface area (Å²) < 4.78 is 5.12. The molecule has 1 fully saturated rings. The second-order valence-electron chi connectivity index (χ2n) is 4.96. The Balaban J connectivity index is 1.79. The summed E-state index contributed by atoms with van der Waals surface area (Å²) in [4.78, 5) is 29.7. The molecular weight excluding hydrogens is 340 g/mol. The van der Waals surface area contributed by atoms with Crippen molar-refractivity contribution in [3.8, 4) is 10.6 Å². The summed E-state index contributed by atoms with van der Waals surface area (Å²) in [7, 11) is 0. The zero-order chi connectivity index (χ0) is 16.4. The van der Waals surface area contributed by atoms with E-state index in [-0.39, 0.29) is 19.1 Å². The average Bonchev–Trinajstić information content (AvgIpc) is 3.04. The first-order valence-electron chi connectivity index (χ1n) is 6.90. The number of carboxylic acid groups (broad SMARTS) is 1. The molecule has 1 unspecified atom stereocenters. The number of ether oxygens (including phenoxy) is 1. The van der Waals surface area contributed by atoms with Crippen molar-refractivity contribution in [2.45, 2.75) is 6.10 Å². The van der Waals surface area contributed by atoms with Crippen LogP contribution in [0.25, 0.3) is 10.6 Å². The molecule has 6 nitrogen and oxygen atoms in total. The minimum atomic E-state index is -1.07. The fraction of sp³-hybridized carbons (Fsp3) is 0.267. The van der Waals surface area contributed by atoms with Gasteiger partial charge in [0.15, 0.2) is 6.10 Å². The van der Waals surface area contributed by atoms with Gasteiger partial charge < -0.3 is 14.7 Å². The monoisotopic (exact) mass is 352 g/mol. The Bertz CT molecular complexity index is 749. The highest BCUT2D eigenvalue weighted by Gasteiger charge is 2.30. The number of hydrogen-bond donors (Lipinski definition) is 1. The highest BCUT2D eigenvalue weighted by molar-refractivity contribution is 7.17. The van der Waals surface area contributed by atoms with Crippen LogP contribution in [0, 0.1) is 0 Å². The van der Waals surface area contributed by atoms with Crippen molar-refractivity contribution in [1.29, 1.82) is 0 Å². The molecule has 1 aromatic heterocycles. The van der Waals surface area contributed by atoms with E-state index in [1.54, 1.807) is 6.07 Å². The van der Waals surface area contributed by atoms with Crippen LogP contribution in [0.5, 0.6) is 0 Å². The number of carbonyl (C=O) groups excluding carboxylic acids is 1. The van der Waals surface area contributed by atoms with Crippen molar-refractivity contribution in [3.63, 3.8) is 0 Å². The Morgan fingerprint density at radius 3 is 2.91 bits per heavy atom. The fourth-order valence-electron chi connectivity index (χ4n) is 2.27. The topological polar surface area (TPSA) is 79.7 Å². The van der Waals surface area contributed by atoms with Crippen molar-refractivity contribution in [3.05, 3.63) is 40.4 Å². The van der Waals surface area contributed by atoms with Crippen LogP contribution in [0.1, 0.15) is 9.67 Å². The molecule has 1 amide bonds. The van der Waals surface area contributed by atoms with Gasteiger partial charge in [-0.3, -0.25) is 4.79 Å². The maximum Gasteiger partial charge on any atom is 0.334 e. The number of benzene rings is 1. The molecule has 8 heteroatoms. The second-order valence-corrected chi connectivity index (χ2v) is 6.40. The maximum absolute atomic E-state index is 12.5. The number of carbonyl (C=O) groups is 2. The minimum absolute atomic E-state index is 0.0352. The number of rotatable bonds is 3. The van der Waals surface area contributed by atoms with E-state index < -0.39 is 12.1 Å². The van der Waals surface area contributed by atoms with Crippen molar-refractivity contribution in [2.24, 2.45) is 0 Å². The van der Waals surface area contributed by atoms with Crippen LogP contribution in [0.4, 0.5) is 0 Å². The Hall–Kier alpha value is -1.96. The first kappa shape index (κ1) is 15.9. The zero-order valence-electron chi connectivity index (χ0n) is 11.9. The third-order valence-electron chi connectivity index (χ3n) is 3.45. The van der Waals surface area contributed by atoms with Gasteiger partial charge in [-0.2, -0.15) is 0 Å². The molecule has 2 heterocycles. The van der Waals surface area contributed by atoms with E-state index in [1.807, 2.05) is 18.2 Å². The summed E-state index contributed by atoms with van der Waals surface area (Å²) >= 11 is 7.38. The molecule has 0 spiro atoms. The fourth-order valence-corrected chi connectivity index (χ4v) is 3.48. The zero-order valence-corrected chi connectivity index (χ0v) is 13.5. The smallest absolute Gasteiger partial charge is 0.334 e. The van der Waals surface area contributed by atoms with Gasteiger partial charge in [0.1, 0.15) is 9.88 Å². The quantitative estimate of drug-likeness (QED) is 0.917. The molecule has 0 radical (unpaired) electrons. The van der Waals surface area contributed by atoms with Gasteiger partial charge in [-0.05, 0) is 6.07 Å². The van der Waals surface area contributed by atoms with Gasteiger partial charge in [0.05, 0.1) is 24.4 Å². The number of aromatic nitrogens is 1. The molecule has 3 rings (SSSR count). The van der Waals surface area contributed by atoms with Crippen LogP contribution in [-0.4, -0.2) is 52.7 Å². The Kier molecular flexibility index (Phi) is 4.61. The number of halogens is 1. The Labute approximate surface area is 141 Å². The molecule has 1 aliphatic rings. The van der Waals surface area contributed by atoms with E-state index >= 15 is 0 Å². The lowest BCUT2D eigenvalue weighted by Gasteiger charge is -2.30. The maximum atomic E-state index is 12.5. The number of morpholine rings is 1. The van der Waals surface area contributed by atoms with Crippen LogP contribution in [0.2, 0.25) is 5.02 Å². The molecule has 0 aliphatic carbocycles. The summed E-state index contributed by atoms with van der Waals surface area (Å²) in [6, 6.07) is 7.28. The van der Waals surface area contributed by atoms with E-state index in [4.69, 9.17) is 21.4 Å². The van der Waals surface area contributed by atoms with Gasteiger partial charge in [0.25, 0.3) is 5.91 Å². The van der Waals surface area contributed by atoms with E-state index in [1.165, 1.54) is 22.4 Å². The molecule has 120 valence electrons. The summed E-state index contributed by atoms with van der Waals surface area (Å²) in [5.41, 5.74) is 0.767. The van der Waals surface area contributed by atoms with E-state index in [0.717, 1.165) is 5.56 Å². The number of aliphatic carboxylic acids is 1. The molecule has 0 saturated carbocycles. The highest BCUT2D eigenvalue weighted by Crippen LogP contribution is 2.31. The lowest BCUT2D eigenvalue weighted by molar-refractivity contribution is -0.154. The van der Waals surface area contributed by atoms with Crippen molar-refractivity contribution < 1.29 is 19.4 Å². The van der Waals surface area contributed by atoms with Crippen LogP contribution in [0.15, 0.2) is 30.5 Å². The van der Waals surface area contributed by atoms with Gasteiger partial charge >= 0.3 is 5.97 Å². The number of nitrogens with zero attached hydrogens (tertiary/aromatic N) is 2. The highest BCUT2D eigenvalue weighted by atomic mass is 35.5. The van der Waals surface area contributed by atoms with Gasteiger partial charge in [0, 0.05) is 12.1 Å². The number of thiazole rings is 1. The van der Waals surface area contributed by atoms with Gasteiger partial charge in [-0.25, -0.2) is 9.78 Å². The molecule has 1 saturated heterocycles. The molecule has 1 aromatic carbocycles. The lowest BCUT2D eigenvalue weighted by Crippen LogP contribution is -2.48. The van der Waals surface area contributed by atoms with Gasteiger partial charge in [0.2, 0.25) is 0 Å². The predicted octanol–water partition coefficient (Wildman–Crippen LogP) is 2.39. The molecule has 0 bridgehead atoms. The predicted molar refractivity (Wildman–Crippen MR) is 85.8 cm³/mol. The summed E-state index contributed by atoms with van der Waals surface area (Å²) in [5.74, 6) is -1.31. The largest absolute Gasteiger partial charge is 0.479 e. The van der Waals surface area contributed by atoms with E-state index in [0.29, 0.717) is 21.5 Å². The van der Waals surface area contributed by atoms with Crippen molar-refractivity contribution >= 4 is 34.8 Å². The van der Waals surface area contributed by atoms with Gasteiger partial charge in [-0.1, -0.05) is 29.8 Å².